The van der Waals surface area contributed by atoms with Gasteiger partial charge >= 0.3 is 5.97 Å². The first-order chi connectivity index (χ1) is 9.47. The second-order valence-corrected chi connectivity index (χ2v) is 5.19. The third-order valence-electron chi connectivity index (χ3n) is 3.26. The third-order valence-corrected chi connectivity index (χ3v) is 3.26. The minimum absolute atomic E-state index is 0.361. The average molecular weight is 290 g/mol. The highest BCUT2D eigenvalue weighted by Gasteiger charge is 2.28. The van der Waals surface area contributed by atoms with Gasteiger partial charge in [0.05, 0.1) is 13.7 Å². The van der Waals surface area contributed by atoms with Crippen molar-refractivity contribution < 1.29 is 19.0 Å². The van der Waals surface area contributed by atoms with Crippen LogP contribution in [0, 0.1) is 0 Å². The molecule has 0 saturated heterocycles. The van der Waals surface area contributed by atoms with Crippen LogP contribution in [0.1, 0.15) is 26.2 Å². The summed E-state index contributed by atoms with van der Waals surface area (Å²) in [6, 6.07) is 0. The van der Waals surface area contributed by atoms with E-state index in [9.17, 15) is 4.79 Å². The molecule has 0 amide bonds. The van der Waals surface area contributed by atoms with Gasteiger partial charge in [0.25, 0.3) is 0 Å². The van der Waals surface area contributed by atoms with Crippen molar-refractivity contribution in [2.24, 2.45) is 5.73 Å². The normalized spacial score (nSPS) is 14.3. The van der Waals surface area contributed by atoms with Gasteiger partial charge in [0, 0.05) is 33.9 Å². The van der Waals surface area contributed by atoms with Crippen LogP contribution in [0.5, 0.6) is 0 Å². The summed E-state index contributed by atoms with van der Waals surface area (Å²) in [6.07, 6.45) is 2.43. The number of esters is 1. The summed E-state index contributed by atoms with van der Waals surface area (Å²) in [6.45, 7) is 5.88. The topological polar surface area (TPSA) is 74.0 Å². The average Bonchev–Trinajstić information content (AvgIpc) is 2.43. The lowest BCUT2D eigenvalue weighted by Crippen LogP contribution is -2.46. The van der Waals surface area contributed by atoms with E-state index < -0.39 is 5.54 Å². The van der Waals surface area contributed by atoms with Gasteiger partial charge in [-0.3, -0.25) is 4.79 Å². The zero-order valence-corrected chi connectivity index (χ0v) is 13.3. The predicted octanol–water partition coefficient (Wildman–Crippen LogP) is 0.642. The molecule has 0 radical (unpaired) electrons. The van der Waals surface area contributed by atoms with E-state index in [4.69, 9.17) is 19.9 Å². The van der Waals surface area contributed by atoms with E-state index in [-0.39, 0.29) is 5.97 Å². The van der Waals surface area contributed by atoms with Gasteiger partial charge in [0.2, 0.25) is 0 Å². The number of nitrogens with two attached hydrogens (primary N) is 1. The lowest BCUT2D eigenvalue weighted by Gasteiger charge is -2.25. The van der Waals surface area contributed by atoms with E-state index in [1.807, 2.05) is 0 Å². The first-order valence-electron chi connectivity index (χ1n) is 7.05. The van der Waals surface area contributed by atoms with Crippen molar-refractivity contribution in [1.82, 2.24) is 4.90 Å². The van der Waals surface area contributed by atoms with Gasteiger partial charge in [-0.15, -0.1) is 0 Å². The summed E-state index contributed by atoms with van der Waals surface area (Å²) >= 11 is 0. The van der Waals surface area contributed by atoms with Crippen LogP contribution in [-0.4, -0.2) is 70.6 Å². The Morgan fingerprint density at radius 2 is 1.65 bits per heavy atom. The molecule has 0 spiro atoms. The van der Waals surface area contributed by atoms with Crippen molar-refractivity contribution in [3.63, 3.8) is 0 Å². The predicted molar refractivity (Wildman–Crippen MR) is 78.7 cm³/mol. The molecular formula is C14H30N2O4. The maximum absolute atomic E-state index is 11.5. The van der Waals surface area contributed by atoms with Crippen LogP contribution >= 0.6 is 0 Å². The fraction of sp³-hybridized carbons (Fsp3) is 0.929. The van der Waals surface area contributed by atoms with E-state index in [0.717, 1.165) is 39.1 Å². The molecular weight excluding hydrogens is 260 g/mol. The van der Waals surface area contributed by atoms with Crippen molar-refractivity contribution in [3.05, 3.63) is 0 Å². The Morgan fingerprint density at radius 3 is 2.20 bits per heavy atom. The SMILES string of the molecule is COCCCN(CCCC(C)(N)C(=O)OC)CCOC. The highest BCUT2D eigenvalue weighted by atomic mass is 16.5. The van der Waals surface area contributed by atoms with E-state index in [2.05, 4.69) is 4.90 Å². The molecule has 0 saturated carbocycles. The van der Waals surface area contributed by atoms with E-state index in [0.29, 0.717) is 13.0 Å². The molecule has 0 aromatic carbocycles. The van der Waals surface area contributed by atoms with Crippen LogP contribution in [0.25, 0.3) is 0 Å². The van der Waals surface area contributed by atoms with Crippen LogP contribution in [0.4, 0.5) is 0 Å². The molecule has 0 rings (SSSR count). The van der Waals surface area contributed by atoms with Crippen LogP contribution in [0.2, 0.25) is 0 Å². The quantitative estimate of drug-likeness (QED) is 0.420. The molecule has 0 bridgehead atoms. The molecule has 0 aromatic heterocycles. The highest BCUT2D eigenvalue weighted by molar-refractivity contribution is 5.79. The Labute approximate surface area is 122 Å². The Bertz CT molecular complexity index is 260. The minimum Gasteiger partial charge on any atom is -0.468 e. The van der Waals surface area contributed by atoms with Crippen molar-refractivity contribution in [2.45, 2.75) is 31.7 Å². The number of rotatable bonds is 12. The maximum Gasteiger partial charge on any atom is 0.325 e. The second-order valence-electron chi connectivity index (χ2n) is 5.19. The van der Waals surface area contributed by atoms with Gasteiger partial charge in [-0.1, -0.05) is 0 Å². The minimum atomic E-state index is -0.909. The largest absolute Gasteiger partial charge is 0.468 e. The summed E-state index contributed by atoms with van der Waals surface area (Å²) in [5.74, 6) is -0.361. The van der Waals surface area contributed by atoms with Crippen molar-refractivity contribution >= 4 is 5.97 Å². The number of methoxy groups -OCH3 is 3. The van der Waals surface area contributed by atoms with Gasteiger partial charge in [-0.2, -0.15) is 0 Å². The highest BCUT2D eigenvalue weighted by Crippen LogP contribution is 2.11. The first-order valence-corrected chi connectivity index (χ1v) is 7.05. The van der Waals surface area contributed by atoms with Crippen LogP contribution in [-0.2, 0) is 19.0 Å². The van der Waals surface area contributed by atoms with Crippen LogP contribution in [0.3, 0.4) is 0 Å². The fourth-order valence-corrected chi connectivity index (χ4v) is 1.99. The van der Waals surface area contributed by atoms with Gasteiger partial charge in [-0.25, -0.2) is 0 Å². The Hall–Kier alpha value is -0.690. The van der Waals surface area contributed by atoms with Crippen molar-refractivity contribution in [1.29, 1.82) is 0 Å². The second kappa shape index (κ2) is 11.0. The van der Waals surface area contributed by atoms with E-state index in [1.54, 1.807) is 21.1 Å². The molecule has 6 heteroatoms. The molecule has 6 nitrogen and oxygen atoms in total. The monoisotopic (exact) mass is 290 g/mol. The number of ether oxygens (including phenoxy) is 3. The third kappa shape index (κ3) is 8.47. The summed E-state index contributed by atoms with van der Waals surface area (Å²) in [4.78, 5) is 13.8. The Balaban J connectivity index is 4.07. The zero-order valence-electron chi connectivity index (χ0n) is 13.3. The number of hydrogen-bond donors (Lipinski definition) is 1. The molecule has 0 fully saturated rings. The first kappa shape index (κ1) is 19.3. The molecule has 20 heavy (non-hydrogen) atoms. The van der Waals surface area contributed by atoms with Gasteiger partial charge in [0.15, 0.2) is 0 Å². The Kier molecular flexibility index (Phi) is 10.6. The fourth-order valence-electron chi connectivity index (χ4n) is 1.99. The molecule has 2 N–H and O–H groups in total. The molecule has 1 atom stereocenters. The van der Waals surface area contributed by atoms with E-state index in [1.165, 1.54) is 7.11 Å². The smallest absolute Gasteiger partial charge is 0.325 e. The van der Waals surface area contributed by atoms with Gasteiger partial charge in [0.1, 0.15) is 5.54 Å². The summed E-state index contributed by atoms with van der Waals surface area (Å²) in [5, 5.41) is 0. The molecule has 0 heterocycles. The van der Waals surface area contributed by atoms with Crippen LogP contribution in [0.15, 0.2) is 0 Å². The molecule has 120 valence electrons. The standard InChI is InChI=1S/C14H30N2O4/c1-14(15,13(17)20-4)7-5-8-16(10-12-19-3)9-6-11-18-2/h5-12,15H2,1-4H3. The zero-order chi connectivity index (χ0) is 15.4. The summed E-state index contributed by atoms with van der Waals surface area (Å²) in [5.41, 5.74) is 5.03. The number of hydrogen-bond acceptors (Lipinski definition) is 6. The van der Waals surface area contributed by atoms with Crippen molar-refractivity contribution in [3.8, 4) is 0 Å². The Morgan fingerprint density at radius 1 is 1.05 bits per heavy atom. The molecule has 0 aliphatic rings. The van der Waals surface area contributed by atoms with Gasteiger partial charge < -0.3 is 24.8 Å². The van der Waals surface area contributed by atoms with Crippen molar-refractivity contribution in [2.75, 3.05) is 54.2 Å². The molecule has 0 aliphatic heterocycles. The molecule has 0 aliphatic carbocycles. The molecule has 1 unspecified atom stereocenters. The number of carbonyl (C=O) groups is 1. The lowest BCUT2D eigenvalue weighted by atomic mass is 9.97. The number of nitrogens with zero attached hydrogens (tertiary/aromatic N) is 1. The van der Waals surface area contributed by atoms with Crippen LogP contribution < -0.4 is 5.73 Å². The maximum atomic E-state index is 11.5. The lowest BCUT2D eigenvalue weighted by molar-refractivity contribution is -0.146. The van der Waals surface area contributed by atoms with Gasteiger partial charge in [-0.05, 0) is 32.7 Å². The molecule has 0 aromatic rings. The number of carbonyl (C=O) groups excluding carboxylic acids is 1. The summed E-state index contributed by atoms with van der Waals surface area (Å²) < 4.78 is 14.9. The van der Waals surface area contributed by atoms with E-state index >= 15 is 0 Å². The summed E-state index contributed by atoms with van der Waals surface area (Å²) in [7, 11) is 4.76.